The summed E-state index contributed by atoms with van der Waals surface area (Å²) in [4.78, 5) is 11.5. The maximum Gasteiger partial charge on any atom is 0.323 e. The molecule has 0 spiro atoms. The van der Waals surface area contributed by atoms with Gasteiger partial charge in [0.05, 0.1) is 18.0 Å². The van der Waals surface area contributed by atoms with Crippen molar-refractivity contribution in [2.24, 2.45) is 5.73 Å². The number of rotatable bonds is 3. The van der Waals surface area contributed by atoms with E-state index in [-0.39, 0.29) is 6.42 Å². The van der Waals surface area contributed by atoms with Gasteiger partial charge < -0.3 is 5.73 Å². The van der Waals surface area contributed by atoms with E-state index in [4.69, 9.17) is 11.0 Å². The van der Waals surface area contributed by atoms with Crippen molar-refractivity contribution in [3.05, 3.63) is 35.5 Å². The molecule has 98 valence electrons. The number of aromatic nitrogens is 1. The minimum atomic E-state index is -0.518. The molecule has 2 aromatic rings. The Hall–Kier alpha value is -2.28. The van der Waals surface area contributed by atoms with Crippen molar-refractivity contribution in [2.75, 3.05) is 0 Å². The molecule has 1 aromatic carbocycles. The maximum absolute atomic E-state index is 11.5. The van der Waals surface area contributed by atoms with Crippen LogP contribution in [0.3, 0.4) is 0 Å². The third kappa shape index (κ3) is 2.19. The van der Waals surface area contributed by atoms with Crippen molar-refractivity contribution < 1.29 is 4.79 Å². The van der Waals surface area contributed by atoms with Crippen LogP contribution in [-0.4, -0.2) is 10.6 Å². The summed E-state index contributed by atoms with van der Waals surface area (Å²) in [5, 5.41) is 9.94. The molecule has 1 amide bonds. The molecule has 1 heterocycles. The Morgan fingerprint density at radius 2 is 2.26 bits per heavy atom. The minimum absolute atomic E-state index is 0.282. The molecular formula is C15H17N3O. The van der Waals surface area contributed by atoms with Gasteiger partial charge in [0, 0.05) is 11.6 Å². The Morgan fingerprint density at radius 1 is 1.53 bits per heavy atom. The highest BCUT2D eigenvalue weighted by Crippen LogP contribution is 2.31. The number of benzene rings is 1. The molecule has 0 radical (unpaired) electrons. The fraction of sp³-hybridized carbons (Fsp3) is 0.333. The van der Waals surface area contributed by atoms with Gasteiger partial charge in [0.1, 0.15) is 0 Å². The Labute approximate surface area is 112 Å². The summed E-state index contributed by atoms with van der Waals surface area (Å²) in [7, 11) is 0. The zero-order valence-corrected chi connectivity index (χ0v) is 11.2. The van der Waals surface area contributed by atoms with Crippen LogP contribution < -0.4 is 5.73 Å². The minimum Gasteiger partial charge on any atom is -0.351 e. The molecule has 1 aromatic heterocycles. The van der Waals surface area contributed by atoms with Crippen LogP contribution in [-0.2, 0) is 6.42 Å². The van der Waals surface area contributed by atoms with E-state index in [1.54, 1.807) is 6.20 Å². The van der Waals surface area contributed by atoms with E-state index in [1.165, 1.54) is 10.1 Å². The monoisotopic (exact) mass is 255 g/mol. The first kappa shape index (κ1) is 13.2. The van der Waals surface area contributed by atoms with Gasteiger partial charge in [-0.1, -0.05) is 26.0 Å². The molecule has 2 rings (SSSR count). The van der Waals surface area contributed by atoms with Crippen LogP contribution in [0.4, 0.5) is 4.79 Å². The number of nitrogens with zero attached hydrogens (tertiary/aromatic N) is 2. The van der Waals surface area contributed by atoms with Gasteiger partial charge in [-0.15, -0.1) is 0 Å². The van der Waals surface area contributed by atoms with Crippen LogP contribution in [0.15, 0.2) is 24.4 Å². The van der Waals surface area contributed by atoms with Crippen molar-refractivity contribution in [1.82, 2.24) is 4.57 Å². The highest BCUT2D eigenvalue weighted by Gasteiger charge is 2.16. The summed E-state index contributed by atoms with van der Waals surface area (Å²) in [5.74, 6) is 0.380. The normalized spacial score (nSPS) is 12.3. The van der Waals surface area contributed by atoms with Gasteiger partial charge in [-0.2, -0.15) is 5.26 Å². The van der Waals surface area contributed by atoms with Crippen LogP contribution in [0.1, 0.15) is 37.3 Å². The highest BCUT2D eigenvalue weighted by atomic mass is 16.2. The predicted molar refractivity (Wildman–Crippen MR) is 74.9 cm³/mol. The highest BCUT2D eigenvalue weighted by molar-refractivity contribution is 5.95. The largest absolute Gasteiger partial charge is 0.351 e. The lowest BCUT2D eigenvalue weighted by atomic mass is 9.93. The third-order valence-electron chi connectivity index (χ3n) is 3.59. The maximum atomic E-state index is 11.5. The quantitative estimate of drug-likeness (QED) is 0.915. The van der Waals surface area contributed by atoms with Crippen LogP contribution in [0.25, 0.3) is 10.9 Å². The Balaban J connectivity index is 2.79. The molecule has 4 nitrogen and oxygen atoms in total. The molecule has 1 atom stereocenters. The number of amides is 1. The smallest absolute Gasteiger partial charge is 0.323 e. The summed E-state index contributed by atoms with van der Waals surface area (Å²) in [6.45, 7) is 4.27. The van der Waals surface area contributed by atoms with Crippen LogP contribution in [0, 0.1) is 11.3 Å². The van der Waals surface area contributed by atoms with Gasteiger partial charge >= 0.3 is 6.03 Å². The summed E-state index contributed by atoms with van der Waals surface area (Å²) < 4.78 is 1.42. The summed E-state index contributed by atoms with van der Waals surface area (Å²) in [5.41, 5.74) is 8.22. The molecule has 0 saturated carbocycles. The SMILES string of the molecule is CCC(C)c1cccc2c1c(CC#N)cn2C(N)=O. The lowest BCUT2D eigenvalue weighted by molar-refractivity contribution is 0.251. The first-order valence-corrected chi connectivity index (χ1v) is 6.39. The third-order valence-corrected chi connectivity index (χ3v) is 3.59. The lowest BCUT2D eigenvalue weighted by Crippen LogP contribution is -2.18. The van der Waals surface area contributed by atoms with Gasteiger partial charge in [0.15, 0.2) is 0 Å². The fourth-order valence-electron chi connectivity index (χ4n) is 2.43. The van der Waals surface area contributed by atoms with Crippen LogP contribution >= 0.6 is 0 Å². The lowest BCUT2D eigenvalue weighted by Gasteiger charge is -2.11. The number of hydrogen-bond donors (Lipinski definition) is 1. The fourth-order valence-corrected chi connectivity index (χ4v) is 2.43. The van der Waals surface area contributed by atoms with Gasteiger partial charge in [-0.05, 0) is 29.5 Å². The Bertz CT molecular complexity index is 664. The molecule has 1 unspecified atom stereocenters. The zero-order chi connectivity index (χ0) is 14.0. The number of nitriles is 1. The molecule has 19 heavy (non-hydrogen) atoms. The van der Waals surface area contributed by atoms with E-state index < -0.39 is 6.03 Å². The number of fused-ring (bicyclic) bond motifs is 1. The first-order valence-electron chi connectivity index (χ1n) is 6.39. The van der Waals surface area contributed by atoms with Crippen molar-refractivity contribution in [3.8, 4) is 6.07 Å². The van der Waals surface area contributed by atoms with Crippen molar-refractivity contribution in [3.63, 3.8) is 0 Å². The van der Waals surface area contributed by atoms with Gasteiger partial charge in [-0.25, -0.2) is 4.79 Å². The molecule has 0 aliphatic heterocycles. The molecule has 0 fully saturated rings. The Kier molecular flexibility index (Phi) is 3.57. The van der Waals surface area contributed by atoms with Crippen LogP contribution in [0.2, 0.25) is 0 Å². The number of carbonyl (C=O) groups excluding carboxylic acids is 1. The van der Waals surface area contributed by atoms with E-state index in [2.05, 4.69) is 26.0 Å². The van der Waals surface area contributed by atoms with Crippen molar-refractivity contribution in [1.29, 1.82) is 5.26 Å². The first-order chi connectivity index (χ1) is 9.10. The number of hydrogen-bond acceptors (Lipinski definition) is 2. The second-order valence-corrected chi connectivity index (χ2v) is 4.75. The molecule has 0 aliphatic rings. The zero-order valence-electron chi connectivity index (χ0n) is 11.2. The molecule has 0 saturated heterocycles. The van der Waals surface area contributed by atoms with E-state index >= 15 is 0 Å². The molecule has 2 N–H and O–H groups in total. The van der Waals surface area contributed by atoms with E-state index in [9.17, 15) is 4.79 Å². The predicted octanol–water partition coefficient (Wildman–Crippen LogP) is 3.15. The second-order valence-electron chi connectivity index (χ2n) is 4.75. The van der Waals surface area contributed by atoms with E-state index in [1.807, 2.05) is 12.1 Å². The molecule has 4 heteroatoms. The molecule has 0 bridgehead atoms. The van der Waals surface area contributed by atoms with Crippen molar-refractivity contribution in [2.45, 2.75) is 32.6 Å². The van der Waals surface area contributed by atoms with Gasteiger partial charge in [0.2, 0.25) is 0 Å². The molecular weight excluding hydrogens is 238 g/mol. The summed E-state index contributed by atoms with van der Waals surface area (Å²) in [6.07, 6.45) is 2.97. The number of primary amides is 1. The second kappa shape index (κ2) is 5.15. The van der Waals surface area contributed by atoms with Crippen LogP contribution in [0.5, 0.6) is 0 Å². The van der Waals surface area contributed by atoms with E-state index in [0.717, 1.165) is 22.9 Å². The Morgan fingerprint density at radius 3 is 2.84 bits per heavy atom. The van der Waals surface area contributed by atoms with E-state index in [0.29, 0.717) is 5.92 Å². The summed E-state index contributed by atoms with van der Waals surface area (Å²) in [6, 6.07) is 7.49. The van der Waals surface area contributed by atoms with Gasteiger partial charge in [0.25, 0.3) is 0 Å². The number of nitrogens with two attached hydrogens (primary N) is 1. The topological polar surface area (TPSA) is 71.8 Å². The molecule has 0 aliphatic carbocycles. The van der Waals surface area contributed by atoms with Crippen molar-refractivity contribution >= 4 is 16.9 Å². The standard InChI is InChI=1S/C15H17N3O/c1-3-10(2)12-5-4-6-13-14(12)11(7-8-16)9-18(13)15(17)19/h4-6,9-10H,3,7H2,1-2H3,(H2,17,19). The average molecular weight is 255 g/mol. The average Bonchev–Trinajstić information content (AvgIpc) is 2.77. The summed E-state index contributed by atoms with van der Waals surface area (Å²) >= 11 is 0. The van der Waals surface area contributed by atoms with Gasteiger partial charge in [-0.3, -0.25) is 4.57 Å². The number of carbonyl (C=O) groups is 1.